The Labute approximate surface area is 187 Å². The zero-order valence-electron chi connectivity index (χ0n) is 17.4. The third-order valence-electron chi connectivity index (χ3n) is 5.55. The van der Waals surface area contributed by atoms with Crippen molar-refractivity contribution in [1.82, 2.24) is 5.32 Å². The standard InChI is InChI=1S/C20H23N4O6.Co/c1-19(2,21-5)20(3,4)22(16-11-15(24(29)30)7-9-18(16)26)12-13-10-14(23(27)28)6-8-17(13)25;/h5-9,11-12,25-26H,10H2,1-4H3;. The number of phenols is 1. The molecule has 0 amide bonds. The number of hydrogen-bond acceptors (Lipinski definition) is 7. The number of nitro groups is 2. The van der Waals surface area contributed by atoms with E-state index in [1.165, 1.54) is 46.5 Å². The summed E-state index contributed by atoms with van der Waals surface area (Å²) in [5, 5.41) is 49.1. The van der Waals surface area contributed by atoms with Crippen LogP contribution in [0.3, 0.4) is 0 Å². The third-order valence-corrected chi connectivity index (χ3v) is 5.68. The van der Waals surface area contributed by atoms with E-state index in [1.54, 1.807) is 27.7 Å². The number of aliphatic hydroxyl groups excluding tert-OH is 1. The molecule has 0 aromatic heterocycles. The van der Waals surface area contributed by atoms with Crippen molar-refractivity contribution in [3.63, 3.8) is 0 Å². The van der Waals surface area contributed by atoms with Gasteiger partial charge in [-0.25, -0.2) is 0 Å². The number of anilines is 1. The Balaban J connectivity index is 2.74. The van der Waals surface area contributed by atoms with Gasteiger partial charge < -0.3 is 0 Å². The van der Waals surface area contributed by atoms with Crippen LogP contribution in [0, 0.1) is 20.2 Å². The molecular formula is C20H23CoN4O6. The molecule has 0 unspecified atom stereocenters. The second kappa shape index (κ2) is 9.00. The molecule has 0 atom stereocenters. The first-order chi connectivity index (χ1) is 14.3. The van der Waals surface area contributed by atoms with Crippen LogP contribution in [0.5, 0.6) is 5.75 Å². The van der Waals surface area contributed by atoms with Crippen molar-refractivity contribution < 1.29 is 35.4 Å². The van der Waals surface area contributed by atoms with Gasteiger partial charge in [-0.2, -0.15) is 0 Å². The van der Waals surface area contributed by atoms with Gasteiger partial charge in [0.15, 0.2) is 0 Å². The molecule has 168 valence electrons. The molecule has 0 aliphatic heterocycles. The minimum atomic E-state index is -0.943. The summed E-state index contributed by atoms with van der Waals surface area (Å²) in [6, 6.07) is 3.56. The van der Waals surface area contributed by atoms with E-state index >= 15 is 0 Å². The Bertz CT molecular complexity index is 1010. The van der Waals surface area contributed by atoms with Crippen molar-refractivity contribution in [3.8, 4) is 5.75 Å². The summed E-state index contributed by atoms with van der Waals surface area (Å²) in [6.45, 7) is 7.18. The first-order valence-electron chi connectivity index (χ1n) is 9.15. The van der Waals surface area contributed by atoms with Crippen LogP contribution in [0.15, 0.2) is 53.6 Å². The molecule has 0 fully saturated rings. The fraction of sp³-hybridized carbons (Fsp3) is 0.350. The van der Waals surface area contributed by atoms with Crippen molar-refractivity contribution in [2.24, 2.45) is 0 Å². The monoisotopic (exact) mass is 474 g/mol. The van der Waals surface area contributed by atoms with E-state index in [4.69, 9.17) is 0 Å². The number of benzene rings is 1. The Morgan fingerprint density at radius 3 is 2.32 bits per heavy atom. The number of non-ortho nitro benzene ring substituents is 1. The first kappa shape index (κ1) is 24.2. The Hall–Kier alpha value is -3.02. The number of nitrogens with zero attached hydrogens (tertiary/aromatic N) is 4. The quantitative estimate of drug-likeness (QED) is 0.434. The molecule has 10 nitrogen and oxygen atoms in total. The molecule has 0 spiro atoms. The Morgan fingerprint density at radius 2 is 1.77 bits per heavy atom. The summed E-state index contributed by atoms with van der Waals surface area (Å²) in [5.41, 5.74) is -1.87. The van der Waals surface area contributed by atoms with Crippen LogP contribution in [0.2, 0.25) is 0 Å². The predicted molar refractivity (Wildman–Crippen MR) is 112 cm³/mol. The van der Waals surface area contributed by atoms with Crippen LogP contribution < -0.4 is 10.2 Å². The van der Waals surface area contributed by atoms with Gasteiger partial charge in [0, 0.05) is 0 Å². The fourth-order valence-corrected chi connectivity index (χ4v) is 3.27. The van der Waals surface area contributed by atoms with Crippen molar-refractivity contribution in [2.45, 2.75) is 45.2 Å². The van der Waals surface area contributed by atoms with Gasteiger partial charge in [0.1, 0.15) is 0 Å². The normalized spacial score (nSPS) is 15.8. The van der Waals surface area contributed by atoms with Crippen molar-refractivity contribution >= 4 is 16.5 Å². The van der Waals surface area contributed by atoms with E-state index in [-0.39, 0.29) is 40.6 Å². The number of phenolic OH excluding ortho intramolecular Hbond substituents is 1. The van der Waals surface area contributed by atoms with E-state index in [0.717, 1.165) is 0 Å². The van der Waals surface area contributed by atoms with Crippen LogP contribution >= 0.6 is 0 Å². The number of aromatic hydroxyl groups is 1. The van der Waals surface area contributed by atoms with Gasteiger partial charge >= 0.3 is 187 Å². The number of nitro benzene ring substituents is 1. The topological polar surface area (TPSA) is 144 Å². The van der Waals surface area contributed by atoms with Crippen LogP contribution in [-0.2, 0) is 15.3 Å². The molecule has 1 aliphatic carbocycles. The summed E-state index contributed by atoms with van der Waals surface area (Å²) in [7, 11) is 0. The van der Waals surface area contributed by atoms with Crippen LogP contribution in [0.1, 0.15) is 34.1 Å². The summed E-state index contributed by atoms with van der Waals surface area (Å²) >= 11 is 4.10. The molecule has 0 bridgehead atoms. The van der Waals surface area contributed by atoms with Crippen molar-refractivity contribution in [1.29, 1.82) is 0 Å². The average Bonchev–Trinajstić information content (AvgIpc) is 2.67. The molecule has 1 aromatic carbocycles. The zero-order chi connectivity index (χ0) is 23.6. The Morgan fingerprint density at radius 1 is 1.13 bits per heavy atom. The van der Waals surface area contributed by atoms with E-state index < -0.39 is 20.9 Å². The molecule has 0 saturated carbocycles. The molecule has 2 N–H and O–H groups in total. The SMILES string of the molecule is CC(C)([N][CH]=[Co])C(C)(C)N(C=C1CC([N+](=O)[O-])=CC=C1O)c1cc([N+](=O)[O-])ccc1O. The van der Waals surface area contributed by atoms with Crippen LogP contribution in [-0.4, -0.2) is 36.2 Å². The predicted octanol–water partition coefficient (Wildman–Crippen LogP) is 3.47. The van der Waals surface area contributed by atoms with Gasteiger partial charge in [-0.15, -0.1) is 0 Å². The molecule has 1 radical (unpaired) electrons. The molecule has 31 heavy (non-hydrogen) atoms. The first-order valence-corrected chi connectivity index (χ1v) is 9.75. The maximum atomic E-state index is 11.3. The number of allylic oxidation sites excluding steroid dienone is 4. The molecule has 0 saturated heterocycles. The average molecular weight is 474 g/mol. The molecule has 1 aliphatic rings. The van der Waals surface area contributed by atoms with Gasteiger partial charge in [0.25, 0.3) is 0 Å². The summed E-state index contributed by atoms with van der Waals surface area (Å²) in [5.74, 6) is -0.434. The van der Waals surface area contributed by atoms with E-state index in [0.29, 0.717) is 0 Å². The van der Waals surface area contributed by atoms with Crippen molar-refractivity contribution in [3.05, 3.63) is 73.8 Å². The Kier molecular flexibility index (Phi) is 7.04. The van der Waals surface area contributed by atoms with Crippen LogP contribution in [0.25, 0.3) is 0 Å². The number of aliphatic hydroxyl groups is 1. The second-order valence-corrected chi connectivity index (χ2v) is 8.20. The van der Waals surface area contributed by atoms with Crippen molar-refractivity contribution in [2.75, 3.05) is 4.90 Å². The molecule has 2 rings (SSSR count). The van der Waals surface area contributed by atoms with Gasteiger partial charge in [0.2, 0.25) is 0 Å². The molecular weight excluding hydrogens is 451 g/mol. The summed E-state index contributed by atoms with van der Waals surface area (Å²) in [6.07, 6.45) is 3.69. The molecule has 11 heteroatoms. The van der Waals surface area contributed by atoms with Gasteiger partial charge in [-0.05, 0) is 0 Å². The zero-order valence-corrected chi connectivity index (χ0v) is 18.4. The number of hydrogen-bond donors (Lipinski definition) is 2. The van der Waals surface area contributed by atoms with Crippen LogP contribution in [0.4, 0.5) is 11.4 Å². The van der Waals surface area contributed by atoms with E-state index in [1.807, 2.05) is 0 Å². The minimum absolute atomic E-state index is 0.0820. The fourth-order valence-electron chi connectivity index (χ4n) is 2.93. The number of rotatable bonds is 8. The summed E-state index contributed by atoms with van der Waals surface area (Å²) < 4.78 is 0. The second-order valence-electron chi connectivity index (χ2n) is 7.93. The van der Waals surface area contributed by atoms with E-state index in [2.05, 4.69) is 20.6 Å². The third kappa shape index (κ3) is 5.01. The summed E-state index contributed by atoms with van der Waals surface area (Å²) in [4.78, 5) is 22.9. The van der Waals surface area contributed by atoms with E-state index in [9.17, 15) is 30.4 Å². The van der Waals surface area contributed by atoms with Gasteiger partial charge in [-0.1, -0.05) is 0 Å². The van der Waals surface area contributed by atoms with Gasteiger partial charge in [-0.3, -0.25) is 0 Å². The molecule has 1 aromatic rings. The molecule has 0 heterocycles. The maximum absolute atomic E-state index is 11.3. The van der Waals surface area contributed by atoms with Gasteiger partial charge in [0.05, 0.1) is 0 Å².